The van der Waals surface area contributed by atoms with Gasteiger partial charge in [0.15, 0.2) is 0 Å². The Morgan fingerprint density at radius 3 is 2.44 bits per heavy atom. The van der Waals surface area contributed by atoms with E-state index in [2.05, 4.69) is 0 Å². The van der Waals surface area contributed by atoms with E-state index >= 15 is 0 Å². The zero-order valence-electron chi connectivity index (χ0n) is 11.4. The van der Waals surface area contributed by atoms with Gasteiger partial charge in [-0.3, -0.25) is 0 Å². The maximum absolute atomic E-state index is 11.6. The molecule has 18 heavy (non-hydrogen) atoms. The van der Waals surface area contributed by atoms with Crippen LogP contribution in [-0.2, 0) is 4.74 Å². The quantitative estimate of drug-likeness (QED) is 0.776. The molecule has 0 unspecified atom stereocenters. The zero-order valence-corrected chi connectivity index (χ0v) is 11.4. The minimum atomic E-state index is -0.419. The van der Waals surface area contributed by atoms with Crippen molar-refractivity contribution in [1.82, 2.24) is 4.57 Å². The number of fused-ring (bicyclic) bond motifs is 1. The maximum atomic E-state index is 11.6. The van der Waals surface area contributed by atoms with Gasteiger partial charge in [0.1, 0.15) is 5.75 Å². The van der Waals surface area contributed by atoms with Gasteiger partial charge in [0.05, 0.1) is 12.6 Å². The van der Waals surface area contributed by atoms with Crippen LogP contribution in [-0.4, -0.2) is 22.9 Å². The first-order valence-corrected chi connectivity index (χ1v) is 5.95. The van der Waals surface area contributed by atoms with Crippen LogP contribution in [0.3, 0.4) is 0 Å². The summed E-state index contributed by atoms with van der Waals surface area (Å²) in [4.78, 5) is 11.6. The molecule has 4 heteroatoms. The van der Waals surface area contributed by atoms with E-state index in [1.54, 1.807) is 12.1 Å². The van der Waals surface area contributed by atoms with Crippen LogP contribution in [0.5, 0.6) is 5.75 Å². The average molecular weight is 249 g/mol. The van der Waals surface area contributed by atoms with Crippen molar-refractivity contribution in [3.8, 4) is 5.75 Å². The molecular weight excluding hydrogens is 230 g/mol. The minimum Gasteiger partial charge on any atom is -0.508 e. The lowest BCUT2D eigenvalue weighted by atomic mass is 10.1. The Bertz CT molecular complexity index is 570. The van der Waals surface area contributed by atoms with E-state index in [1.165, 1.54) is 11.7 Å². The van der Waals surface area contributed by atoms with E-state index in [1.807, 2.05) is 33.8 Å². The van der Waals surface area contributed by atoms with Crippen molar-refractivity contribution in [2.45, 2.75) is 27.7 Å². The van der Waals surface area contributed by atoms with Crippen LogP contribution < -0.4 is 0 Å². The van der Waals surface area contributed by atoms with Gasteiger partial charge in [-0.25, -0.2) is 9.36 Å². The molecule has 0 atom stereocenters. The summed E-state index contributed by atoms with van der Waals surface area (Å²) in [5.41, 5.74) is 2.30. The molecule has 0 saturated heterocycles. The SMILES string of the molecule is CC.COC(=O)n1c(C)cc2c(C)c(O)ccc21. The van der Waals surface area contributed by atoms with Gasteiger partial charge >= 0.3 is 6.09 Å². The second kappa shape index (κ2) is 5.58. The number of aryl methyl sites for hydroxylation is 2. The second-order valence-corrected chi connectivity index (χ2v) is 3.73. The molecule has 0 aliphatic rings. The van der Waals surface area contributed by atoms with Crippen molar-refractivity contribution in [1.29, 1.82) is 0 Å². The molecule has 2 aromatic rings. The lowest BCUT2D eigenvalue weighted by Crippen LogP contribution is -2.12. The number of phenols is 1. The Balaban J connectivity index is 0.000000771. The number of aromatic hydroxyl groups is 1. The Kier molecular flexibility index (Phi) is 4.37. The van der Waals surface area contributed by atoms with Crippen LogP contribution in [0.25, 0.3) is 10.9 Å². The standard InChI is InChI=1S/C12H13NO3.C2H6/c1-7-6-9-8(2)11(14)5-4-10(9)13(7)12(15)16-3;1-2/h4-6,14H,1-3H3;1-2H3. The monoisotopic (exact) mass is 249 g/mol. The van der Waals surface area contributed by atoms with Gasteiger partial charge in [0.2, 0.25) is 0 Å². The molecule has 0 radical (unpaired) electrons. The van der Waals surface area contributed by atoms with Crippen molar-refractivity contribution in [2.75, 3.05) is 7.11 Å². The number of aromatic nitrogens is 1. The van der Waals surface area contributed by atoms with E-state index in [-0.39, 0.29) is 5.75 Å². The summed E-state index contributed by atoms with van der Waals surface area (Å²) < 4.78 is 6.20. The number of phenolic OH excluding ortho intramolecular Hbond substituents is 1. The predicted octanol–water partition coefficient (Wildman–Crippen LogP) is 3.60. The summed E-state index contributed by atoms with van der Waals surface area (Å²) in [6, 6.07) is 5.15. The summed E-state index contributed by atoms with van der Waals surface area (Å²) in [6.07, 6.45) is -0.419. The van der Waals surface area contributed by atoms with Gasteiger partial charge in [0.25, 0.3) is 0 Å². The molecule has 1 N–H and O–H groups in total. The molecule has 0 amide bonds. The third-order valence-electron chi connectivity index (χ3n) is 2.77. The topological polar surface area (TPSA) is 51.5 Å². The first kappa shape index (κ1) is 14.1. The van der Waals surface area contributed by atoms with Crippen LogP contribution in [0.1, 0.15) is 25.1 Å². The lowest BCUT2D eigenvalue weighted by Gasteiger charge is -2.05. The highest BCUT2D eigenvalue weighted by Gasteiger charge is 2.14. The van der Waals surface area contributed by atoms with Crippen LogP contribution in [0.15, 0.2) is 18.2 Å². The van der Waals surface area contributed by atoms with Gasteiger partial charge in [-0.15, -0.1) is 0 Å². The Labute approximate surface area is 107 Å². The van der Waals surface area contributed by atoms with Crippen molar-refractivity contribution in [3.05, 3.63) is 29.5 Å². The molecule has 0 aliphatic heterocycles. The van der Waals surface area contributed by atoms with Crippen LogP contribution in [0.4, 0.5) is 4.79 Å². The van der Waals surface area contributed by atoms with E-state index < -0.39 is 6.09 Å². The number of hydrogen-bond donors (Lipinski definition) is 1. The van der Waals surface area contributed by atoms with Gasteiger partial charge in [-0.1, -0.05) is 13.8 Å². The molecule has 98 valence electrons. The van der Waals surface area contributed by atoms with Crippen molar-refractivity contribution in [2.24, 2.45) is 0 Å². The normalized spacial score (nSPS) is 9.83. The molecule has 1 aromatic carbocycles. The van der Waals surface area contributed by atoms with E-state index in [0.717, 1.165) is 22.2 Å². The van der Waals surface area contributed by atoms with Gasteiger partial charge < -0.3 is 9.84 Å². The highest BCUT2D eigenvalue weighted by Crippen LogP contribution is 2.28. The van der Waals surface area contributed by atoms with Crippen molar-refractivity contribution < 1.29 is 14.6 Å². The number of benzene rings is 1. The first-order chi connectivity index (χ1) is 8.56. The van der Waals surface area contributed by atoms with Crippen LogP contribution >= 0.6 is 0 Å². The number of hydrogen-bond acceptors (Lipinski definition) is 3. The largest absolute Gasteiger partial charge is 0.508 e. The lowest BCUT2D eigenvalue weighted by molar-refractivity contribution is 0.173. The van der Waals surface area contributed by atoms with Gasteiger partial charge in [-0.2, -0.15) is 0 Å². The van der Waals surface area contributed by atoms with Crippen molar-refractivity contribution >= 4 is 17.0 Å². The molecule has 2 rings (SSSR count). The minimum absolute atomic E-state index is 0.231. The highest BCUT2D eigenvalue weighted by molar-refractivity contribution is 5.93. The number of carbonyl (C=O) groups excluding carboxylic acids is 1. The summed E-state index contributed by atoms with van der Waals surface area (Å²) in [7, 11) is 1.35. The molecule has 0 aliphatic carbocycles. The highest BCUT2D eigenvalue weighted by atomic mass is 16.5. The Morgan fingerprint density at radius 1 is 1.28 bits per heavy atom. The van der Waals surface area contributed by atoms with E-state index in [9.17, 15) is 9.90 Å². The number of nitrogens with zero attached hydrogens (tertiary/aromatic N) is 1. The third-order valence-corrected chi connectivity index (χ3v) is 2.77. The summed E-state index contributed by atoms with van der Waals surface area (Å²) in [5, 5.41) is 10.5. The average Bonchev–Trinajstić information content (AvgIpc) is 2.73. The number of rotatable bonds is 0. The summed E-state index contributed by atoms with van der Waals surface area (Å²) in [6.45, 7) is 7.64. The summed E-state index contributed by atoms with van der Waals surface area (Å²) in [5.74, 6) is 0.231. The fraction of sp³-hybridized carbons (Fsp3) is 0.357. The molecule has 0 saturated carbocycles. The molecule has 4 nitrogen and oxygen atoms in total. The molecule has 1 heterocycles. The number of methoxy groups -OCH3 is 1. The number of ether oxygens (including phenoxy) is 1. The smallest absolute Gasteiger partial charge is 0.418 e. The van der Waals surface area contributed by atoms with Gasteiger partial charge in [0, 0.05) is 16.6 Å². The molecule has 0 spiro atoms. The first-order valence-electron chi connectivity index (χ1n) is 5.95. The van der Waals surface area contributed by atoms with Gasteiger partial charge in [-0.05, 0) is 32.0 Å². The molecular formula is C14H19NO3. The van der Waals surface area contributed by atoms with E-state index in [4.69, 9.17) is 4.74 Å². The van der Waals surface area contributed by atoms with E-state index in [0.29, 0.717) is 0 Å². The fourth-order valence-corrected chi connectivity index (χ4v) is 1.88. The van der Waals surface area contributed by atoms with Crippen LogP contribution in [0, 0.1) is 13.8 Å². The summed E-state index contributed by atoms with van der Waals surface area (Å²) >= 11 is 0. The Morgan fingerprint density at radius 2 is 1.89 bits per heavy atom. The maximum Gasteiger partial charge on any atom is 0.418 e. The van der Waals surface area contributed by atoms with Crippen molar-refractivity contribution in [3.63, 3.8) is 0 Å². The molecule has 0 bridgehead atoms. The zero-order chi connectivity index (χ0) is 13.9. The third kappa shape index (κ3) is 2.18. The molecule has 0 fully saturated rings. The predicted molar refractivity (Wildman–Crippen MR) is 72.2 cm³/mol. The number of carbonyl (C=O) groups is 1. The fourth-order valence-electron chi connectivity index (χ4n) is 1.88. The second-order valence-electron chi connectivity index (χ2n) is 3.73. The molecule has 1 aromatic heterocycles. The van der Waals surface area contributed by atoms with Crippen LogP contribution in [0.2, 0.25) is 0 Å². The Hall–Kier alpha value is -1.97.